The lowest BCUT2D eigenvalue weighted by Crippen LogP contribution is -2.30. The van der Waals surface area contributed by atoms with Crippen molar-refractivity contribution in [3.63, 3.8) is 0 Å². The summed E-state index contributed by atoms with van der Waals surface area (Å²) in [5.74, 6) is -1.32. The van der Waals surface area contributed by atoms with E-state index in [1.165, 1.54) is 11.3 Å². The van der Waals surface area contributed by atoms with Crippen LogP contribution in [0.3, 0.4) is 0 Å². The summed E-state index contributed by atoms with van der Waals surface area (Å²) in [6, 6.07) is 6.61. The molecular weight excluding hydrogens is 368 g/mol. The molecule has 0 radical (unpaired) electrons. The predicted octanol–water partition coefficient (Wildman–Crippen LogP) is 3.47. The number of aryl methyl sites for hydroxylation is 2. The number of hydrogen-bond acceptors (Lipinski definition) is 4. The Kier molecular flexibility index (Phi) is 5.31. The number of hydrogen-bond donors (Lipinski definition) is 2. The average Bonchev–Trinajstić information content (AvgIpc) is 2.77. The molecule has 0 aliphatic carbocycles. The Morgan fingerprint density at radius 2 is 1.95 bits per heavy atom. The van der Waals surface area contributed by atoms with Crippen LogP contribution in [0.5, 0.6) is 0 Å². The molecule has 2 aromatic rings. The van der Waals surface area contributed by atoms with Crippen LogP contribution in [0.1, 0.15) is 38.4 Å². The van der Waals surface area contributed by atoms with Gasteiger partial charge in [0.15, 0.2) is 0 Å². The topological polar surface area (TPSA) is 79.3 Å². The van der Waals surface area contributed by atoms with Gasteiger partial charge < -0.3 is 10.4 Å². The number of aromatic nitrogens is 1. The lowest BCUT2D eigenvalue weighted by molar-refractivity contribution is -0.137. The lowest BCUT2D eigenvalue weighted by atomic mass is 10.0. The van der Waals surface area contributed by atoms with Gasteiger partial charge in [-0.2, -0.15) is 0 Å². The third-order valence-electron chi connectivity index (χ3n) is 3.08. The predicted molar refractivity (Wildman–Crippen MR) is 88.2 cm³/mol. The standard InChI is InChI=1S/C15H15BrN2O3S/c1-8-14(17-9(2)22-8)15(21)18-12(7-13(19)20)10-3-5-11(16)6-4-10/h3-6,12H,7H2,1-2H3,(H,18,21)(H,19,20). The van der Waals surface area contributed by atoms with Crippen LogP contribution in [0.25, 0.3) is 0 Å². The van der Waals surface area contributed by atoms with E-state index in [2.05, 4.69) is 26.2 Å². The number of amides is 1. The second kappa shape index (κ2) is 7.02. The van der Waals surface area contributed by atoms with Crippen LogP contribution in [-0.4, -0.2) is 22.0 Å². The highest BCUT2D eigenvalue weighted by Gasteiger charge is 2.21. The molecule has 0 bridgehead atoms. The van der Waals surface area contributed by atoms with E-state index in [1.807, 2.05) is 26.0 Å². The van der Waals surface area contributed by atoms with E-state index in [1.54, 1.807) is 12.1 Å². The third-order valence-corrected chi connectivity index (χ3v) is 4.49. The number of rotatable bonds is 5. The highest BCUT2D eigenvalue weighted by molar-refractivity contribution is 9.10. The van der Waals surface area contributed by atoms with Gasteiger partial charge in [-0.05, 0) is 31.5 Å². The minimum absolute atomic E-state index is 0.185. The number of benzene rings is 1. The number of nitrogens with zero attached hydrogens (tertiary/aromatic N) is 1. The number of aliphatic carboxylic acids is 1. The summed E-state index contributed by atoms with van der Waals surface area (Å²) in [5, 5.41) is 12.6. The second-order valence-corrected chi connectivity index (χ2v) is 7.14. The molecule has 0 aliphatic heterocycles. The van der Waals surface area contributed by atoms with Gasteiger partial charge in [0, 0.05) is 9.35 Å². The maximum Gasteiger partial charge on any atom is 0.305 e. The fraction of sp³-hybridized carbons (Fsp3) is 0.267. The summed E-state index contributed by atoms with van der Waals surface area (Å²) in [5.41, 5.74) is 1.10. The van der Waals surface area contributed by atoms with Gasteiger partial charge in [0.05, 0.1) is 17.5 Å². The Bertz CT molecular complexity index is 697. The molecule has 1 atom stereocenters. The van der Waals surface area contributed by atoms with Crippen LogP contribution in [0.2, 0.25) is 0 Å². The first-order chi connectivity index (χ1) is 10.4. The van der Waals surface area contributed by atoms with Crippen LogP contribution in [0, 0.1) is 13.8 Å². The van der Waals surface area contributed by atoms with E-state index in [-0.39, 0.29) is 12.3 Å². The van der Waals surface area contributed by atoms with Gasteiger partial charge >= 0.3 is 5.97 Å². The van der Waals surface area contributed by atoms with Crippen LogP contribution >= 0.6 is 27.3 Å². The highest BCUT2D eigenvalue weighted by atomic mass is 79.9. The number of nitrogens with one attached hydrogen (secondary N) is 1. The normalized spacial score (nSPS) is 12.0. The minimum Gasteiger partial charge on any atom is -0.481 e. The molecule has 0 saturated carbocycles. The molecule has 1 heterocycles. The quantitative estimate of drug-likeness (QED) is 0.829. The zero-order chi connectivity index (χ0) is 16.3. The number of halogens is 1. The van der Waals surface area contributed by atoms with Gasteiger partial charge in [-0.25, -0.2) is 4.98 Å². The summed E-state index contributed by atoms with van der Waals surface area (Å²) in [7, 11) is 0. The van der Waals surface area contributed by atoms with Crippen molar-refractivity contribution in [2.24, 2.45) is 0 Å². The van der Waals surface area contributed by atoms with Crippen molar-refractivity contribution < 1.29 is 14.7 Å². The van der Waals surface area contributed by atoms with Crippen molar-refractivity contribution in [1.82, 2.24) is 10.3 Å². The molecular formula is C15H15BrN2O3S. The Morgan fingerprint density at radius 1 is 1.32 bits per heavy atom. The van der Waals surface area contributed by atoms with E-state index >= 15 is 0 Å². The lowest BCUT2D eigenvalue weighted by Gasteiger charge is -2.17. The van der Waals surface area contributed by atoms with Crippen LogP contribution in [-0.2, 0) is 4.79 Å². The fourth-order valence-corrected chi connectivity index (χ4v) is 3.17. The van der Waals surface area contributed by atoms with Crippen LogP contribution in [0.4, 0.5) is 0 Å². The van der Waals surface area contributed by atoms with Crippen molar-refractivity contribution in [1.29, 1.82) is 0 Å². The second-order valence-electron chi connectivity index (χ2n) is 4.81. The molecule has 0 spiro atoms. The monoisotopic (exact) mass is 382 g/mol. The summed E-state index contributed by atoms with van der Waals surface area (Å²) in [6.07, 6.45) is -0.185. The molecule has 1 unspecified atom stereocenters. The van der Waals surface area contributed by atoms with Crippen molar-refractivity contribution in [2.45, 2.75) is 26.3 Å². The van der Waals surface area contributed by atoms with Gasteiger partial charge in [0.1, 0.15) is 5.69 Å². The molecule has 116 valence electrons. The average molecular weight is 383 g/mol. The van der Waals surface area contributed by atoms with Gasteiger partial charge in [-0.1, -0.05) is 28.1 Å². The third kappa shape index (κ3) is 4.14. The van der Waals surface area contributed by atoms with Crippen LogP contribution in [0.15, 0.2) is 28.7 Å². The van der Waals surface area contributed by atoms with Crippen molar-refractivity contribution in [3.8, 4) is 0 Å². The zero-order valence-electron chi connectivity index (χ0n) is 12.1. The number of carbonyl (C=O) groups excluding carboxylic acids is 1. The van der Waals surface area contributed by atoms with E-state index in [9.17, 15) is 9.59 Å². The molecule has 5 nitrogen and oxygen atoms in total. The maximum absolute atomic E-state index is 12.3. The molecule has 0 fully saturated rings. The van der Waals surface area contributed by atoms with Gasteiger partial charge in [-0.15, -0.1) is 11.3 Å². The van der Waals surface area contributed by atoms with Gasteiger partial charge in [0.25, 0.3) is 5.91 Å². The largest absolute Gasteiger partial charge is 0.481 e. The molecule has 1 aromatic carbocycles. The Balaban J connectivity index is 2.23. The molecule has 1 amide bonds. The van der Waals surface area contributed by atoms with Crippen molar-refractivity contribution >= 4 is 39.1 Å². The molecule has 2 rings (SSSR count). The molecule has 7 heteroatoms. The number of carboxylic acids is 1. The molecule has 0 aliphatic rings. The Hall–Kier alpha value is -1.73. The van der Waals surface area contributed by atoms with E-state index in [0.717, 1.165) is 19.9 Å². The minimum atomic E-state index is -0.973. The Morgan fingerprint density at radius 3 is 2.45 bits per heavy atom. The van der Waals surface area contributed by atoms with Crippen molar-refractivity contribution in [2.75, 3.05) is 0 Å². The SMILES string of the molecule is Cc1nc(C(=O)NC(CC(=O)O)c2ccc(Br)cc2)c(C)s1. The molecule has 22 heavy (non-hydrogen) atoms. The zero-order valence-corrected chi connectivity index (χ0v) is 14.5. The van der Waals surface area contributed by atoms with E-state index < -0.39 is 12.0 Å². The Labute approximate surface area is 140 Å². The van der Waals surface area contributed by atoms with Crippen LogP contribution < -0.4 is 5.32 Å². The summed E-state index contributed by atoms with van der Waals surface area (Å²) >= 11 is 4.77. The number of carboxylic acid groups (broad SMARTS) is 1. The summed E-state index contributed by atoms with van der Waals surface area (Å²) in [6.45, 7) is 3.66. The summed E-state index contributed by atoms with van der Waals surface area (Å²) in [4.78, 5) is 28.4. The van der Waals surface area contributed by atoms with Gasteiger partial charge in [0.2, 0.25) is 0 Å². The maximum atomic E-state index is 12.3. The molecule has 1 aromatic heterocycles. The smallest absolute Gasteiger partial charge is 0.305 e. The number of thiazole rings is 1. The number of carbonyl (C=O) groups is 2. The first kappa shape index (κ1) is 16.6. The first-order valence-electron chi connectivity index (χ1n) is 6.59. The fourth-order valence-electron chi connectivity index (χ4n) is 2.09. The van der Waals surface area contributed by atoms with Crippen molar-refractivity contribution in [3.05, 3.63) is 49.9 Å². The first-order valence-corrected chi connectivity index (χ1v) is 8.20. The molecule has 2 N–H and O–H groups in total. The molecule has 0 saturated heterocycles. The van der Waals surface area contributed by atoms with E-state index in [0.29, 0.717) is 5.69 Å². The van der Waals surface area contributed by atoms with Gasteiger partial charge in [-0.3, -0.25) is 9.59 Å². The van der Waals surface area contributed by atoms with E-state index in [4.69, 9.17) is 5.11 Å². The summed E-state index contributed by atoms with van der Waals surface area (Å²) < 4.78 is 0.891. The highest BCUT2D eigenvalue weighted by Crippen LogP contribution is 2.22.